The van der Waals surface area contributed by atoms with E-state index in [1.165, 1.54) is 13.0 Å². The fraction of sp³-hybridized carbons (Fsp3) is 0.176. The highest BCUT2D eigenvalue weighted by Gasteiger charge is 2.30. The summed E-state index contributed by atoms with van der Waals surface area (Å²) in [6, 6.07) is 8.53. The van der Waals surface area contributed by atoms with Gasteiger partial charge in [-0.25, -0.2) is 4.79 Å². The number of non-ortho nitro benzene ring substituents is 1. The van der Waals surface area contributed by atoms with E-state index in [1.807, 2.05) is 0 Å². The number of ether oxygens (including phenoxy) is 1. The molecule has 2 aromatic rings. The van der Waals surface area contributed by atoms with Crippen molar-refractivity contribution in [2.24, 2.45) is 0 Å². The van der Waals surface area contributed by atoms with Gasteiger partial charge in [0.25, 0.3) is 11.6 Å². The van der Waals surface area contributed by atoms with E-state index in [1.54, 1.807) is 0 Å². The van der Waals surface area contributed by atoms with Crippen LogP contribution >= 0.6 is 0 Å². The summed E-state index contributed by atoms with van der Waals surface area (Å²) >= 11 is 0. The Morgan fingerprint density at radius 1 is 1.15 bits per heavy atom. The lowest BCUT2D eigenvalue weighted by atomic mass is 10.2. The van der Waals surface area contributed by atoms with Gasteiger partial charge in [0.1, 0.15) is 0 Å². The Labute approximate surface area is 150 Å². The fourth-order valence-electron chi connectivity index (χ4n) is 2.02. The van der Waals surface area contributed by atoms with Gasteiger partial charge in [0.05, 0.1) is 16.1 Å². The second kappa shape index (κ2) is 7.85. The Bertz CT molecular complexity index is 866. The van der Waals surface area contributed by atoms with Gasteiger partial charge in [-0.2, -0.15) is 13.2 Å². The molecule has 0 saturated carbocycles. The number of hydrogen-bond acceptors (Lipinski definition) is 5. The monoisotopic (exact) mass is 382 g/mol. The van der Waals surface area contributed by atoms with E-state index in [2.05, 4.69) is 5.32 Å². The number of hydrogen-bond donors (Lipinski definition) is 1. The number of nitrogens with one attached hydrogen (secondary N) is 1. The van der Waals surface area contributed by atoms with Crippen LogP contribution in [0.4, 0.5) is 24.5 Å². The highest BCUT2D eigenvalue weighted by molar-refractivity contribution is 5.97. The van der Waals surface area contributed by atoms with Crippen molar-refractivity contribution in [3.8, 4) is 0 Å². The molecular formula is C17H13F3N2O5. The SMILES string of the molecule is C[C@@H](OC(=O)c1ccc([N+](=O)[O-])cc1)C(=O)Nc1cccc(C(F)(F)F)c1. The molecule has 7 nitrogen and oxygen atoms in total. The lowest BCUT2D eigenvalue weighted by molar-refractivity contribution is -0.384. The van der Waals surface area contributed by atoms with E-state index in [-0.39, 0.29) is 16.9 Å². The van der Waals surface area contributed by atoms with Gasteiger partial charge in [0.2, 0.25) is 0 Å². The lowest BCUT2D eigenvalue weighted by Gasteiger charge is -2.14. The van der Waals surface area contributed by atoms with Crippen LogP contribution in [-0.4, -0.2) is 22.9 Å². The number of esters is 1. The van der Waals surface area contributed by atoms with Gasteiger partial charge in [0, 0.05) is 17.8 Å². The van der Waals surface area contributed by atoms with Crippen molar-refractivity contribution in [2.75, 3.05) is 5.32 Å². The molecule has 0 aromatic heterocycles. The third kappa shape index (κ3) is 5.27. The highest BCUT2D eigenvalue weighted by atomic mass is 19.4. The molecular weight excluding hydrogens is 369 g/mol. The molecule has 0 aliphatic heterocycles. The van der Waals surface area contributed by atoms with E-state index >= 15 is 0 Å². The fourth-order valence-corrected chi connectivity index (χ4v) is 2.02. The van der Waals surface area contributed by atoms with Gasteiger partial charge in [-0.3, -0.25) is 14.9 Å². The quantitative estimate of drug-likeness (QED) is 0.482. The van der Waals surface area contributed by atoms with Crippen molar-refractivity contribution in [3.05, 3.63) is 69.8 Å². The Balaban J connectivity index is 2.01. The van der Waals surface area contributed by atoms with Gasteiger partial charge in [-0.15, -0.1) is 0 Å². The molecule has 0 spiro atoms. The standard InChI is InChI=1S/C17H13F3N2O5/c1-10(27-16(24)11-5-7-14(8-6-11)22(25)26)15(23)21-13-4-2-3-12(9-13)17(18,19)20/h2-10H,1H3,(H,21,23)/t10-/m1/s1. The summed E-state index contributed by atoms with van der Waals surface area (Å²) in [4.78, 5) is 33.9. The summed E-state index contributed by atoms with van der Waals surface area (Å²) in [5.74, 6) is -1.74. The molecule has 0 unspecified atom stereocenters. The molecule has 0 heterocycles. The maximum absolute atomic E-state index is 12.7. The van der Waals surface area contributed by atoms with Crippen LogP contribution in [0.25, 0.3) is 0 Å². The molecule has 0 radical (unpaired) electrons. The summed E-state index contributed by atoms with van der Waals surface area (Å²) < 4.78 is 43.0. The number of anilines is 1. The minimum Gasteiger partial charge on any atom is -0.449 e. The molecule has 1 atom stereocenters. The number of nitro groups is 1. The van der Waals surface area contributed by atoms with E-state index < -0.39 is 34.6 Å². The Hall–Kier alpha value is -3.43. The molecule has 2 aromatic carbocycles. The number of halogens is 3. The Kier molecular flexibility index (Phi) is 5.78. The van der Waals surface area contributed by atoms with Crippen molar-refractivity contribution in [2.45, 2.75) is 19.2 Å². The zero-order valence-electron chi connectivity index (χ0n) is 13.8. The number of nitrogens with zero attached hydrogens (tertiary/aromatic N) is 1. The van der Waals surface area contributed by atoms with E-state index in [4.69, 9.17) is 4.74 Å². The number of amides is 1. The van der Waals surface area contributed by atoms with Crippen molar-refractivity contribution in [1.82, 2.24) is 0 Å². The maximum atomic E-state index is 12.7. The average molecular weight is 382 g/mol. The van der Waals surface area contributed by atoms with E-state index in [9.17, 15) is 32.9 Å². The number of benzene rings is 2. The first-order valence-corrected chi connectivity index (χ1v) is 7.51. The predicted octanol–water partition coefficient (Wildman–Crippen LogP) is 3.80. The maximum Gasteiger partial charge on any atom is 0.416 e. The molecule has 1 N–H and O–H groups in total. The molecule has 0 bridgehead atoms. The van der Waals surface area contributed by atoms with Gasteiger partial charge in [-0.05, 0) is 37.3 Å². The summed E-state index contributed by atoms with van der Waals surface area (Å²) in [6.45, 7) is 1.24. The van der Waals surface area contributed by atoms with Crippen molar-refractivity contribution in [3.63, 3.8) is 0 Å². The van der Waals surface area contributed by atoms with Crippen LogP contribution in [0.1, 0.15) is 22.8 Å². The Morgan fingerprint density at radius 2 is 1.78 bits per heavy atom. The molecule has 2 rings (SSSR count). The molecule has 0 aliphatic rings. The minimum absolute atomic E-state index is 0.0145. The van der Waals surface area contributed by atoms with E-state index in [0.29, 0.717) is 0 Å². The normalized spacial score (nSPS) is 12.1. The lowest BCUT2D eigenvalue weighted by Crippen LogP contribution is -2.30. The first-order chi connectivity index (χ1) is 12.6. The molecule has 1 amide bonds. The molecule has 0 fully saturated rings. The third-order valence-corrected chi connectivity index (χ3v) is 3.42. The van der Waals surface area contributed by atoms with Crippen LogP contribution < -0.4 is 5.32 Å². The van der Waals surface area contributed by atoms with Gasteiger partial charge >= 0.3 is 12.1 Å². The first-order valence-electron chi connectivity index (χ1n) is 7.51. The van der Waals surface area contributed by atoms with Crippen LogP contribution in [0.3, 0.4) is 0 Å². The molecule has 10 heteroatoms. The van der Waals surface area contributed by atoms with E-state index in [0.717, 1.165) is 42.5 Å². The molecule has 0 aliphatic carbocycles. The number of carbonyl (C=O) groups excluding carboxylic acids is 2. The summed E-state index contributed by atoms with van der Waals surface area (Å²) in [5, 5.41) is 12.8. The predicted molar refractivity (Wildman–Crippen MR) is 88.0 cm³/mol. The van der Waals surface area contributed by atoms with Crippen LogP contribution in [0.2, 0.25) is 0 Å². The minimum atomic E-state index is -4.56. The average Bonchev–Trinajstić information content (AvgIpc) is 2.61. The number of carbonyl (C=O) groups is 2. The zero-order chi connectivity index (χ0) is 20.2. The number of alkyl halides is 3. The Morgan fingerprint density at radius 3 is 2.33 bits per heavy atom. The summed E-state index contributed by atoms with van der Waals surface area (Å²) in [5.41, 5.74) is -1.27. The second-order valence-corrected chi connectivity index (χ2v) is 5.42. The van der Waals surface area contributed by atoms with Crippen LogP contribution in [0.15, 0.2) is 48.5 Å². The highest BCUT2D eigenvalue weighted by Crippen LogP contribution is 2.30. The smallest absolute Gasteiger partial charge is 0.416 e. The summed E-state index contributed by atoms with van der Waals surface area (Å²) in [6.07, 6.45) is -5.86. The van der Waals surface area contributed by atoms with Gasteiger partial charge in [0.15, 0.2) is 6.10 Å². The van der Waals surface area contributed by atoms with Crippen LogP contribution in [-0.2, 0) is 15.7 Å². The number of nitro benzene ring substituents is 1. The van der Waals surface area contributed by atoms with Crippen LogP contribution in [0.5, 0.6) is 0 Å². The second-order valence-electron chi connectivity index (χ2n) is 5.42. The zero-order valence-corrected chi connectivity index (χ0v) is 13.8. The third-order valence-electron chi connectivity index (χ3n) is 3.42. The van der Waals surface area contributed by atoms with Crippen molar-refractivity contribution < 1.29 is 32.4 Å². The van der Waals surface area contributed by atoms with Gasteiger partial charge in [-0.1, -0.05) is 6.07 Å². The number of rotatable bonds is 5. The topological polar surface area (TPSA) is 98.5 Å². The molecule has 142 valence electrons. The van der Waals surface area contributed by atoms with Crippen molar-refractivity contribution >= 4 is 23.3 Å². The first kappa shape index (κ1) is 19.9. The van der Waals surface area contributed by atoms with Crippen molar-refractivity contribution in [1.29, 1.82) is 0 Å². The van der Waals surface area contributed by atoms with Crippen LogP contribution in [0, 0.1) is 10.1 Å². The largest absolute Gasteiger partial charge is 0.449 e. The van der Waals surface area contributed by atoms with Gasteiger partial charge < -0.3 is 10.1 Å². The molecule has 27 heavy (non-hydrogen) atoms. The molecule has 0 saturated heterocycles. The summed E-state index contributed by atoms with van der Waals surface area (Å²) in [7, 11) is 0.